The molecular weight excluding hydrogens is 445 g/mol. The molecule has 31 heavy (non-hydrogen) atoms. The van der Waals surface area contributed by atoms with Gasteiger partial charge in [0.15, 0.2) is 0 Å². The number of ether oxygens (including phenoxy) is 1. The molecule has 10 nitrogen and oxygen atoms in total. The van der Waals surface area contributed by atoms with Crippen molar-refractivity contribution in [2.24, 2.45) is 11.1 Å². The third-order valence-electron chi connectivity index (χ3n) is 6.67. The van der Waals surface area contributed by atoms with Crippen molar-refractivity contribution < 1.29 is 31.6 Å². The highest BCUT2D eigenvalue weighted by Gasteiger charge is 2.61. The van der Waals surface area contributed by atoms with Crippen LogP contribution >= 0.6 is 7.75 Å². The van der Waals surface area contributed by atoms with E-state index >= 15 is 0 Å². The molecule has 12 heteroatoms. The normalized spacial score (nSPS) is 31.5. The first-order valence-corrected chi connectivity index (χ1v) is 14.3. The minimum atomic E-state index is -4.01. The summed E-state index contributed by atoms with van der Waals surface area (Å²) in [4.78, 5) is -0.699. The molecule has 0 amide bonds. The van der Waals surface area contributed by atoms with Crippen LogP contribution in [0.1, 0.15) is 59.8 Å². The van der Waals surface area contributed by atoms with Gasteiger partial charge in [-0.25, -0.2) is 13.0 Å². The van der Waals surface area contributed by atoms with Crippen molar-refractivity contribution in [3.8, 4) is 0 Å². The third-order valence-corrected chi connectivity index (χ3v) is 9.90. The summed E-state index contributed by atoms with van der Waals surface area (Å²) in [7, 11) is -6.40. The number of nitrogens with one attached hydrogen (secondary N) is 1. The van der Waals surface area contributed by atoms with Gasteiger partial charge in [0, 0.05) is 12.1 Å². The molecule has 0 aromatic heterocycles. The first kappa shape index (κ1) is 27.1. The average molecular weight is 486 g/mol. The van der Waals surface area contributed by atoms with Crippen LogP contribution in [0.15, 0.2) is 0 Å². The van der Waals surface area contributed by atoms with Crippen LogP contribution in [0, 0.1) is 10.6 Å². The lowest BCUT2D eigenvalue weighted by atomic mass is 9.70. The minimum Gasteiger partial charge on any atom is -0.628 e. The van der Waals surface area contributed by atoms with Gasteiger partial charge in [0.2, 0.25) is 10.0 Å². The Morgan fingerprint density at radius 3 is 2.35 bits per heavy atom. The molecule has 0 bridgehead atoms. The lowest BCUT2D eigenvalue weighted by Crippen LogP contribution is -2.99. The second-order valence-corrected chi connectivity index (χ2v) is 13.8. The highest BCUT2D eigenvalue weighted by Crippen LogP contribution is 2.60. The highest BCUT2D eigenvalue weighted by molar-refractivity contribution is 7.88. The fourth-order valence-electron chi connectivity index (χ4n) is 4.76. The van der Waals surface area contributed by atoms with Crippen LogP contribution in [0.25, 0.3) is 0 Å². The predicted octanol–water partition coefficient (Wildman–Crippen LogP) is 1.27. The lowest BCUT2D eigenvalue weighted by Gasteiger charge is -2.50. The zero-order valence-corrected chi connectivity index (χ0v) is 21.4. The molecule has 0 aromatic carbocycles. The molecule has 1 heterocycles. The molecule has 0 radical (unpaired) electrons. The Hall–Kier alpha value is -0.100. The van der Waals surface area contributed by atoms with E-state index in [2.05, 4.69) is 13.8 Å². The number of rotatable bonds is 10. The zero-order valence-electron chi connectivity index (χ0n) is 19.7. The summed E-state index contributed by atoms with van der Waals surface area (Å²) >= 11 is 0. The van der Waals surface area contributed by atoms with Crippen molar-refractivity contribution in [2.75, 3.05) is 39.6 Å². The molecular formula is C19H40N3O7PS. The molecule has 4 atom stereocenters. The second-order valence-electron chi connectivity index (χ2n) is 9.72. The molecule has 2 rings (SSSR count). The van der Waals surface area contributed by atoms with E-state index in [4.69, 9.17) is 19.5 Å². The Balaban J connectivity index is 2.31. The van der Waals surface area contributed by atoms with E-state index in [0.717, 1.165) is 26.3 Å². The van der Waals surface area contributed by atoms with Crippen molar-refractivity contribution in [1.82, 2.24) is 4.31 Å². The van der Waals surface area contributed by atoms with Gasteiger partial charge in [0.1, 0.15) is 0 Å². The van der Waals surface area contributed by atoms with Crippen molar-refractivity contribution >= 4 is 17.8 Å². The van der Waals surface area contributed by atoms with Gasteiger partial charge in [0.05, 0.1) is 38.2 Å². The van der Waals surface area contributed by atoms with E-state index in [-0.39, 0.29) is 30.8 Å². The monoisotopic (exact) mass is 485 g/mol. The Labute approximate surface area is 187 Å². The molecule has 1 saturated heterocycles. The number of hydroxylamine groups is 1. The largest absolute Gasteiger partial charge is 0.628 e. The maximum Gasteiger partial charge on any atom is 0.529 e. The first-order valence-electron chi connectivity index (χ1n) is 10.9. The van der Waals surface area contributed by atoms with Crippen LogP contribution in [0.2, 0.25) is 0 Å². The maximum atomic E-state index is 12.9. The van der Waals surface area contributed by atoms with Crippen LogP contribution < -0.4 is 10.6 Å². The van der Waals surface area contributed by atoms with Gasteiger partial charge in [-0.3, -0.25) is 13.9 Å². The SMILES string of the molecule is CCC1(C)CC(C)(C)N(S(C)(=O)=O)C[C@@H](COP(=O)(OCCCN)[NH+](C)[O-])OC12CC2. The van der Waals surface area contributed by atoms with Crippen molar-refractivity contribution in [3.05, 3.63) is 5.21 Å². The fourth-order valence-corrected chi connectivity index (χ4v) is 7.33. The molecule has 0 aromatic rings. The van der Waals surface area contributed by atoms with Gasteiger partial charge >= 0.3 is 7.75 Å². The number of hydrogen-bond donors (Lipinski definition) is 2. The van der Waals surface area contributed by atoms with Crippen LogP contribution in [0.4, 0.5) is 0 Å². The van der Waals surface area contributed by atoms with Crippen LogP contribution in [-0.4, -0.2) is 69.6 Å². The zero-order chi connectivity index (χ0) is 23.7. The number of hydrogen-bond acceptors (Lipinski definition) is 8. The lowest BCUT2D eigenvalue weighted by molar-refractivity contribution is -0.704. The van der Waals surface area contributed by atoms with Gasteiger partial charge in [-0.2, -0.15) is 4.31 Å². The summed E-state index contributed by atoms with van der Waals surface area (Å²) in [6, 6.07) is 0. The number of nitrogens with two attached hydrogens (primary N) is 1. The van der Waals surface area contributed by atoms with Gasteiger partial charge in [-0.05, 0) is 57.9 Å². The topological polar surface area (TPSA) is 136 Å². The molecule has 1 saturated carbocycles. The standard InChI is InChI=1S/C19H40N3O7PS/c1-7-18(4)15-17(2,3)22(31(6,25)26)13-16(29-19(18)9-10-19)14-28-30(24,21(5)23)27-12-8-11-20/h16,21H,7-15,20H2,1-6H3/t16-,18?,30?/m0/s1. The first-order chi connectivity index (χ1) is 14.1. The van der Waals surface area contributed by atoms with E-state index in [0.29, 0.717) is 19.4 Å². The van der Waals surface area contributed by atoms with Gasteiger partial charge in [-0.1, -0.05) is 13.8 Å². The third kappa shape index (κ3) is 6.07. The average Bonchev–Trinajstić information content (AvgIpc) is 3.43. The maximum absolute atomic E-state index is 12.9. The molecule has 2 fully saturated rings. The second kappa shape index (κ2) is 9.64. The van der Waals surface area contributed by atoms with E-state index < -0.39 is 34.2 Å². The smallest absolute Gasteiger partial charge is 0.529 e. The minimum absolute atomic E-state index is 0.0409. The highest BCUT2D eigenvalue weighted by atomic mass is 32.2. The number of sulfonamides is 1. The summed E-state index contributed by atoms with van der Waals surface area (Å²) in [6.45, 7) is 8.31. The summed E-state index contributed by atoms with van der Waals surface area (Å²) < 4.78 is 56.9. The number of nitrogens with zero attached hydrogens (tertiary/aromatic N) is 1. The molecule has 1 spiro atoms. The summed E-state index contributed by atoms with van der Waals surface area (Å²) in [5, 5.41) is 12.0. The van der Waals surface area contributed by atoms with E-state index in [1.165, 1.54) is 10.6 Å². The quantitative estimate of drug-likeness (QED) is 0.268. The predicted molar refractivity (Wildman–Crippen MR) is 119 cm³/mol. The Bertz CT molecular complexity index is 772. The molecule has 3 unspecified atom stereocenters. The summed E-state index contributed by atoms with van der Waals surface area (Å²) in [6.07, 6.45) is 4.17. The molecule has 1 aliphatic carbocycles. The Kier molecular flexibility index (Phi) is 8.44. The van der Waals surface area contributed by atoms with E-state index in [9.17, 15) is 18.2 Å². The van der Waals surface area contributed by atoms with Crippen molar-refractivity contribution in [2.45, 2.75) is 77.0 Å². The van der Waals surface area contributed by atoms with Gasteiger partial charge in [-0.15, -0.1) is 0 Å². The van der Waals surface area contributed by atoms with Gasteiger partial charge < -0.3 is 15.7 Å². The van der Waals surface area contributed by atoms with Gasteiger partial charge in [0.25, 0.3) is 0 Å². The molecule has 184 valence electrons. The Morgan fingerprint density at radius 2 is 1.90 bits per heavy atom. The van der Waals surface area contributed by atoms with Crippen molar-refractivity contribution in [3.63, 3.8) is 0 Å². The molecule has 3 N–H and O–H groups in total. The molecule has 2 aliphatic rings. The molecule has 1 aliphatic heterocycles. The summed E-state index contributed by atoms with van der Waals surface area (Å²) in [5.74, 6) is 0. The van der Waals surface area contributed by atoms with E-state index in [1.54, 1.807) is 0 Å². The van der Waals surface area contributed by atoms with Crippen LogP contribution in [0.3, 0.4) is 0 Å². The summed E-state index contributed by atoms with van der Waals surface area (Å²) in [5.41, 5.74) is 4.18. The van der Waals surface area contributed by atoms with E-state index in [1.807, 2.05) is 13.8 Å². The Morgan fingerprint density at radius 1 is 1.29 bits per heavy atom. The van der Waals surface area contributed by atoms with Crippen LogP contribution in [0.5, 0.6) is 0 Å². The van der Waals surface area contributed by atoms with Crippen molar-refractivity contribution in [1.29, 1.82) is 0 Å². The van der Waals surface area contributed by atoms with Crippen LogP contribution in [-0.2, 0) is 28.4 Å². The fraction of sp³-hybridized carbons (Fsp3) is 1.00. The number of quaternary nitrogens is 1.